The molecular formula is C10H10F2O3. The summed E-state index contributed by atoms with van der Waals surface area (Å²) in [5, 5.41) is 9.15. The van der Waals surface area contributed by atoms with E-state index < -0.39 is 12.5 Å². The van der Waals surface area contributed by atoms with E-state index in [1.165, 1.54) is 18.2 Å². The maximum Gasteiger partial charge on any atom is 0.268 e. The summed E-state index contributed by atoms with van der Waals surface area (Å²) in [6.07, 6.45) is -4.58. The second kappa shape index (κ2) is 4.02. The van der Waals surface area contributed by atoms with Crippen LogP contribution >= 0.6 is 0 Å². The van der Waals surface area contributed by atoms with Crippen LogP contribution in [-0.4, -0.2) is 24.7 Å². The van der Waals surface area contributed by atoms with Crippen LogP contribution in [0.5, 0.6) is 11.5 Å². The fourth-order valence-electron chi connectivity index (χ4n) is 1.39. The van der Waals surface area contributed by atoms with Gasteiger partial charge in [0.25, 0.3) is 6.43 Å². The monoisotopic (exact) mass is 216 g/mol. The third-order valence-corrected chi connectivity index (χ3v) is 2.15. The minimum Gasteiger partial charge on any atom is -0.486 e. The van der Waals surface area contributed by atoms with Crippen molar-refractivity contribution in [1.29, 1.82) is 0 Å². The molecule has 0 bridgehead atoms. The Morgan fingerprint density at radius 2 is 1.80 bits per heavy atom. The first kappa shape index (κ1) is 10.2. The quantitative estimate of drug-likeness (QED) is 0.818. The lowest BCUT2D eigenvalue weighted by Crippen LogP contribution is -2.16. The number of fused-ring (bicyclic) bond motifs is 1. The number of hydrogen-bond donors (Lipinski definition) is 1. The Kier molecular flexibility index (Phi) is 2.73. The Hall–Kier alpha value is -1.36. The van der Waals surface area contributed by atoms with Gasteiger partial charge in [-0.1, -0.05) is 6.07 Å². The number of aliphatic hydroxyl groups is 1. The van der Waals surface area contributed by atoms with E-state index in [1.54, 1.807) is 0 Å². The lowest BCUT2D eigenvalue weighted by atomic mass is 10.1. The first-order valence-electron chi connectivity index (χ1n) is 4.54. The summed E-state index contributed by atoms with van der Waals surface area (Å²) in [6, 6.07) is 4.31. The highest BCUT2D eigenvalue weighted by Gasteiger charge is 2.21. The zero-order chi connectivity index (χ0) is 10.8. The standard InChI is InChI=1S/C10H10F2O3/c11-10(12)9(13)6-1-2-7-8(5-6)15-4-3-14-7/h1-2,5,9-10,13H,3-4H2. The van der Waals surface area contributed by atoms with E-state index >= 15 is 0 Å². The third kappa shape index (κ3) is 2.02. The number of benzene rings is 1. The highest BCUT2D eigenvalue weighted by atomic mass is 19.3. The molecular weight excluding hydrogens is 206 g/mol. The summed E-state index contributed by atoms with van der Waals surface area (Å²) < 4.78 is 34.9. The van der Waals surface area contributed by atoms with Crippen LogP contribution in [0.2, 0.25) is 0 Å². The minimum atomic E-state index is -2.80. The van der Waals surface area contributed by atoms with Gasteiger partial charge in [-0.25, -0.2) is 8.78 Å². The number of aliphatic hydroxyl groups excluding tert-OH is 1. The van der Waals surface area contributed by atoms with Crippen molar-refractivity contribution in [2.45, 2.75) is 12.5 Å². The molecule has 1 unspecified atom stereocenters. The van der Waals surface area contributed by atoms with Crippen LogP contribution in [0, 0.1) is 0 Å². The Balaban J connectivity index is 2.27. The topological polar surface area (TPSA) is 38.7 Å². The molecule has 15 heavy (non-hydrogen) atoms. The van der Waals surface area contributed by atoms with Gasteiger partial charge in [-0.15, -0.1) is 0 Å². The summed E-state index contributed by atoms with van der Waals surface area (Å²) >= 11 is 0. The van der Waals surface area contributed by atoms with Crippen LogP contribution in [0.4, 0.5) is 8.78 Å². The van der Waals surface area contributed by atoms with Crippen LogP contribution in [0.3, 0.4) is 0 Å². The Morgan fingerprint density at radius 3 is 2.47 bits per heavy atom. The predicted octanol–water partition coefficient (Wildman–Crippen LogP) is 1.76. The minimum absolute atomic E-state index is 0.134. The predicted molar refractivity (Wildman–Crippen MR) is 48.4 cm³/mol. The molecule has 0 aliphatic carbocycles. The molecule has 1 N–H and O–H groups in total. The van der Waals surface area contributed by atoms with Crippen molar-refractivity contribution in [1.82, 2.24) is 0 Å². The van der Waals surface area contributed by atoms with E-state index in [1.807, 2.05) is 0 Å². The number of alkyl halides is 2. The highest BCUT2D eigenvalue weighted by Crippen LogP contribution is 2.33. The molecule has 2 rings (SSSR count). The first-order valence-corrected chi connectivity index (χ1v) is 4.54. The maximum absolute atomic E-state index is 12.2. The number of rotatable bonds is 2. The molecule has 0 saturated heterocycles. The van der Waals surface area contributed by atoms with Gasteiger partial charge in [0.15, 0.2) is 11.5 Å². The van der Waals surface area contributed by atoms with Crippen LogP contribution in [-0.2, 0) is 0 Å². The number of halogens is 2. The summed E-state index contributed by atoms with van der Waals surface area (Å²) in [5.41, 5.74) is 0.134. The summed E-state index contributed by atoms with van der Waals surface area (Å²) in [6.45, 7) is 0.838. The van der Waals surface area contributed by atoms with E-state index in [0.717, 1.165) is 0 Å². The van der Waals surface area contributed by atoms with Gasteiger partial charge in [-0.2, -0.15) is 0 Å². The average molecular weight is 216 g/mol. The highest BCUT2D eigenvalue weighted by molar-refractivity contribution is 5.44. The van der Waals surface area contributed by atoms with Crippen LogP contribution in [0.1, 0.15) is 11.7 Å². The molecule has 1 aliphatic heterocycles. The Labute approximate surface area is 85.2 Å². The molecule has 0 saturated carbocycles. The van der Waals surface area contributed by atoms with Gasteiger partial charge >= 0.3 is 0 Å². The first-order chi connectivity index (χ1) is 7.18. The molecule has 1 aliphatic rings. The Morgan fingerprint density at radius 1 is 1.13 bits per heavy atom. The fourth-order valence-corrected chi connectivity index (χ4v) is 1.39. The smallest absolute Gasteiger partial charge is 0.268 e. The summed E-state index contributed by atoms with van der Waals surface area (Å²) in [5.74, 6) is 0.921. The Bertz CT molecular complexity index is 355. The van der Waals surface area contributed by atoms with Crippen molar-refractivity contribution in [3.63, 3.8) is 0 Å². The average Bonchev–Trinajstić information content (AvgIpc) is 2.27. The van der Waals surface area contributed by atoms with Crippen LogP contribution in [0.25, 0.3) is 0 Å². The van der Waals surface area contributed by atoms with E-state index in [4.69, 9.17) is 14.6 Å². The van der Waals surface area contributed by atoms with Gasteiger partial charge in [0.05, 0.1) is 0 Å². The molecule has 5 heteroatoms. The molecule has 0 aromatic heterocycles. The summed E-state index contributed by atoms with van der Waals surface area (Å²) in [4.78, 5) is 0. The normalized spacial score (nSPS) is 16.5. The fraction of sp³-hybridized carbons (Fsp3) is 0.400. The van der Waals surface area contributed by atoms with Gasteiger partial charge in [-0.05, 0) is 17.7 Å². The molecule has 0 radical (unpaired) electrons. The molecule has 1 aromatic carbocycles. The van der Waals surface area contributed by atoms with Gasteiger partial charge in [0.1, 0.15) is 19.3 Å². The van der Waals surface area contributed by atoms with Gasteiger partial charge in [-0.3, -0.25) is 0 Å². The molecule has 82 valence electrons. The van der Waals surface area contributed by atoms with E-state index in [2.05, 4.69) is 0 Å². The molecule has 3 nitrogen and oxygen atoms in total. The lowest BCUT2D eigenvalue weighted by molar-refractivity contribution is -0.00601. The second-order valence-corrected chi connectivity index (χ2v) is 3.18. The van der Waals surface area contributed by atoms with Gasteiger partial charge in [0, 0.05) is 0 Å². The van der Waals surface area contributed by atoms with E-state index in [9.17, 15) is 8.78 Å². The van der Waals surface area contributed by atoms with Crippen molar-refractivity contribution in [2.75, 3.05) is 13.2 Å². The molecule has 1 atom stereocenters. The molecule has 0 amide bonds. The van der Waals surface area contributed by atoms with Crippen molar-refractivity contribution < 1.29 is 23.4 Å². The van der Waals surface area contributed by atoms with Crippen molar-refractivity contribution in [3.05, 3.63) is 23.8 Å². The van der Waals surface area contributed by atoms with Crippen molar-refractivity contribution in [3.8, 4) is 11.5 Å². The van der Waals surface area contributed by atoms with Gasteiger partial charge in [0.2, 0.25) is 0 Å². The third-order valence-electron chi connectivity index (χ3n) is 2.15. The maximum atomic E-state index is 12.2. The molecule has 0 fully saturated rings. The van der Waals surface area contributed by atoms with Crippen molar-refractivity contribution in [2.24, 2.45) is 0 Å². The van der Waals surface area contributed by atoms with Crippen LogP contribution < -0.4 is 9.47 Å². The van der Waals surface area contributed by atoms with E-state index in [-0.39, 0.29) is 5.56 Å². The summed E-state index contributed by atoms with van der Waals surface area (Å²) in [7, 11) is 0. The zero-order valence-electron chi connectivity index (χ0n) is 7.82. The second-order valence-electron chi connectivity index (χ2n) is 3.18. The van der Waals surface area contributed by atoms with Crippen molar-refractivity contribution >= 4 is 0 Å². The van der Waals surface area contributed by atoms with E-state index in [0.29, 0.717) is 24.7 Å². The molecule has 0 spiro atoms. The molecule has 1 aromatic rings. The van der Waals surface area contributed by atoms with Crippen LogP contribution in [0.15, 0.2) is 18.2 Å². The number of ether oxygens (including phenoxy) is 2. The SMILES string of the molecule is OC(c1ccc2c(c1)OCCO2)C(F)F. The number of hydrogen-bond acceptors (Lipinski definition) is 3. The van der Waals surface area contributed by atoms with Gasteiger partial charge < -0.3 is 14.6 Å². The lowest BCUT2D eigenvalue weighted by Gasteiger charge is -2.20. The molecule has 1 heterocycles. The zero-order valence-corrected chi connectivity index (χ0v) is 7.82. The largest absolute Gasteiger partial charge is 0.486 e.